The number of carbonyl (C=O) groups is 2. The normalized spacial score (nSPS) is 11.0. The van der Waals surface area contributed by atoms with Crippen LogP contribution in [0.4, 0.5) is 4.79 Å². The van der Waals surface area contributed by atoms with Gasteiger partial charge in [0.25, 0.3) is 0 Å². The first kappa shape index (κ1) is 17.1. The van der Waals surface area contributed by atoms with Gasteiger partial charge in [0, 0.05) is 0 Å². The molecule has 4 N–H and O–H groups in total. The van der Waals surface area contributed by atoms with E-state index in [9.17, 15) is 14.2 Å². The molecule has 0 heterocycles. The van der Waals surface area contributed by atoms with Crippen LogP contribution < -0.4 is 5.73 Å². The monoisotopic (exact) mass is 319 g/mol. The van der Waals surface area contributed by atoms with E-state index in [1.807, 2.05) is 0 Å². The van der Waals surface area contributed by atoms with E-state index in [0.717, 1.165) is 0 Å². The smallest absolute Gasteiger partial charge is 0.424 e. The van der Waals surface area contributed by atoms with Crippen LogP contribution in [-0.4, -0.2) is 35.2 Å². The first-order valence-corrected chi connectivity index (χ1v) is 7.19. The predicted molar refractivity (Wildman–Crippen MR) is 69.1 cm³/mol. The molecule has 21 heavy (non-hydrogen) atoms. The number of carbonyl (C=O) groups excluding carboxylic acids is 2. The Kier molecular flexibility index (Phi) is 6.32. The number of primary amides is 1. The first-order valence-electron chi connectivity index (χ1n) is 5.66. The largest absolute Gasteiger partial charge is 0.469 e. The molecule has 0 bridgehead atoms. The van der Waals surface area contributed by atoms with Crippen molar-refractivity contribution in [2.24, 2.45) is 5.73 Å². The van der Waals surface area contributed by atoms with Crippen molar-refractivity contribution < 1.29 is 37.9 Å². The van der Waals surface area contributed by atoms with Gasteiger partial charge in [-0.25, -0.2) is 14.2 Å². The van der Waals surface area contributed by atoms with Gasteiger partial charge in [-0.3, -0.25) is 4.52 Å². The second-order valence-corrected chi connectivity index (χ2v) is 5.02. The lowest BCUT2D eigenvalue weighted by Gasteiger charge is -2.06. The Bertz CT molecular complexity index is 538. The number of ether oxygens (including phenoxy) is 2. The third-order valence-electron chi connectivity index (χ3n) is 2.23. The summed E-state index contributed by atoms with van der Waals surface area (Å²) in [6.07, 6.45) is -0.784. The molecule has 0 saturated carbocycles. The molecule has 1 rings (SSSR count). The molecule has 0 unspecified atom stereocenters. The van der Waals surface area contributed by atoms with Crippen LogP contribution in [0.3, 0.4) is 0 Å². The Hall–Kier alpha value is -1.93. The Morgan fingerprint density at radius 3 is 2.29 bits per heavy atom. The fraction of sp³-hybridized carbons (Fsp3) is 0.273. The zero-order valence-corrected chi connectivity index (χ0v) is 11.7. The highest BCUT2D eigenvalue weighted by Crippen LogP contribution is 2.35. The average molecular weight is 319 g/mol. The molecule has 0 spiro atoms. The van der Waals surface area contributed by atoms with Crippen molar-refractivity contribution in [1.29, 1.82) is 0 Å². The predicted octanol–water partition coefficient (Wildman–Crippen LogP) is 0.548. The van der Waals surface area contributed by atoms with Gasteiger partial charge >= 0.3 is 19.9 Å². The van der Waals surface area contributed by atoms with Gasteiger partial charge in [-0.15, -0.1) is 0 Å². The van der Waals surface area contributed by atoms with Crippen LogP contribution in [-0.2, 0) is 25.0 Å². The third-order valence-corrected chi connectivity index (χ3v) is 2.75. The lowest BCUT2D eigenvalue weighted by molar-refractivity contribution is -0.00000878. The van der Waals surface area contributed by atoms with Gasteiger partial charge in [-0.05, 0) is 24.1 Å². The Labute approximate surface area is 119 Å². The van der Waals surface area contributed by atoms with E-state index in [1.165, 1.54) is 12.1 Å². The van der Waals surface area contributed by atoms with Crippen molar-refractivity contribution in [3.63, 3.8) is 0 Å². The Morgan fingerprint density at radius 1 is 1.14 bits per heavy atom. The Morgan fingerprint density at radius 2 is 1.76 bits per heavy atom. The number of rotatable bonds is 7. The molecular weight excluding hydrogens is 305 g/mol. The fourth-order valence-corrected chi connectivity index (χ4v) is 1.64. The number of hydrogen-bond acceptors (Lipinski definition) is 6. The number of amides is 1. The standard InChI is InChI=1S/C11H14NO8P/c12-11(14)19-7-18-10(13)9-3-1-8(2-4-9)5-6-20-21(15,16)17/h1-4H,5-7H2,(H2,12,14)(H2,15,16,17). The van der Waals surface area contributed by atoms with E-state index in [1.54, 1.807) is 12.1 Å². The molecule has 0 aromatic heterocycles. The third kappa shape index (κ3) is 7.42. The van der Waals surface area contributed by atoms with Gasteiger partial charge in [0.05, 0.1) is 12.2 Å². The van der Waals surface area contributed by atoms with Crippen molar-refractivity contribution in [3.8, 4) is 0 Å². The summed E-state index contributed by atoms with van der Waals surface area (Å²) in [6, 6.07) is 6.07. The maximum absolute atomic E-state index is 11.5. The fourth-order valence-electron chi connectivity index (χ4n) is 1.31. The molecule has 0 radical (unpaired) electrons. The zero-order chi connectivity index (χ0) is 15.9. The summed E-state index contributed by atoms with van der Waals surface area (Å²) in [5, 5.41) is 0. The molecule has 0 atom stereocenters. The summed E-state index contributed by atoms with van der Waals surface area (Å²) in [4.78, 5) is 38.8. The van der Waals surface area contributed by atoms with Gasteiger partial charge in [-0.2, -0.15) is 0 Å². The van der Waals surface area contributed by atoms with Gasteiger partial charge < -0.3 is 25.0 Å². The summed E-state index contributed by atoms with van der Waals surface area (Å²) in [6.45, 7) is -0.730. The minimum absolute atomic E-state index is 0.152. The van der Waals surface area contributed by atoms with Crippen LogP contribution in [0, 0.1) is 0 Å². The van der Waals surface area contributed by atoms with Crippen LogP contribution in [0.25, 0.3) is 0 Å². The van der Waals surface area contributed by atoms with E-state index in [0.29, 0.717) is 5.56 Å². The quantitative estimate of drug-likeness (QED) is 0.375. The maximum atomic E-state index is 11.5. The summed E-state index contributed by atoms with van der Waals surface area (Å²) < 4.78 is 23.6. The summed E-state index contributed by atoms with van der Waals surface area (Å²) in [5.41, 5.74) is 5.64. The van der Waals surface area contributed by atoms with Crippen LogP contribution in [0.2, 0.25) is 0 Å². The zero-order valence-electron chi connectivity index (χ0n) is 10.8. The molecule has 9 nitrogen and oxygen atoms in total. The first-order chi connectivity index (χ1) is 9.78. The molecule has 0 saturated heterocycles. The summed E-state index contributed by atoms with van der Waals surface area (Å²) in [5.74, 6) is -0.700. The molecule has 1 aromatic carbocycles. The van der Waals surface area contributed by atoms with Crippen molar-refractivity contribution in [3.05, 3.63) is 35.4 Å². The van der Waals surface area contributed by atoms with E-state index >= 15 is 0 Å². The van der Waals surface area contributed by atoms with Gasteiger partial charge in [0.1, 0.15) is 0 Å². The lowest BCUT2D eigenvalue weighted by atomic mass is 10.1. The van der Waals surface area contributed by atoms with E-state index < -0.39 is 26.7 Å². The van der Waals surface area contributed by atoms with Crippen LogP contribution in [0.15, 0.2) is 24.3 Å². The van der Waals surface area contributed by atoms with Gasteiger partial charge in [0.15, 0.2) is 0 Å². The van der Waals surface area contributed by atoms with Crippen molar-refractivity contribution in [2.45, 2.75) is 6.42 Å². The second kappa shape index (κ2) is 7.75. The lowest BCUT2D eigenvalue weighted by Crippen LogP contribution is -2.17. The van der Waals surface area contributed by atoms with E-state index in [-0.39, 0.29) is 18.6 Å². The molecule has 0 aliphatic carbocycles. The van der Waals surface area contributed by atoms with Crippen LogP contribution >= 0.6 is 7.82 Å². The van der Waals surface area contributed by atoms with Crippen molar-refractivity contribution in [1.82, 2.24) is 0 Å². The molecule has 1 aromatic rings. The SMILES string of the molecule is NC(=O)OCOC(=O)c1ccc(CCOP(=O)(O)O)cc1. The second-order valence-electron chi connectivity index (χ2n) is 3.78. The summed E-state index contributed by atoms with van der Waals surface area (Å²) in [7, 11) is -4.47. The van der Waals surface area contributed by atoms with Gasteiger partial charge in [-0.1, -0.05) is 12.1 Å². The number of benzene rings is 1. The highest BCUT2D eigenvalue weighted by atomic mass is 31.2. The van der Waals surface area contributed by atoms with E-state index in [4.69, 9.17) is 15.5 Å². The van der Waals surface area contributed by atoms with Crippen LogP contribution in [0.1, 0.15) is 15.9 Å². The highest BCUT2D eigenvalue weighted by molar-refractivity contribution is 7.46. The number of phosphoric acid groups is 1. The topological polar surface area (TPSA) is 145 Å². The van der Waals surface area contributed by atoms with Gasteiger partial charge in [0.2, 0.25) is 6.79 Å². The maximum Gasteiger partial charge on any atom is 0.469 e. The minimum atomic E-state index is -4.47. The van der Waals surface area contributed by atoms with E-state index in [2.05, 4.69) is 14.0 Å². The molecular formula is C11H14NO8P. The van der Waals surface area contributed by atoms with Crippen LogP contribution in [0.5, 0.6) is 0 Å². The van der Waals surface area contributed by atoms with Crippen molar-refractivity contribution >= 4 is 19.9 Å². The molecule has 116 valence electrons. The van der Waals surface area contributed by atoms with Crippen molar-refractivity contribution in [2.75, 3.05) is 13.4 Å². The molecule has 0 aliphatic heterocycles. The summed E-state index contributed by atoms with van der Waals surface area (Å²) >= 11 is 0. The minimum Gasteiger partial charge on any atom is -0.424 e. The molecule has 0 aliphatic rings. The average Bonchev–Trinajstić information content (AvgIpc) is 2.37. The number of phosphoric ester groups is 1. The molecule has 0 fully saturated rings. The molecule has 1 amide bonds. The number of esters is 1. The highest BCUT2D eigenvalue weighted by Gasteiger charge is 2.13. The molecule has 10 heteroatoms. The Balaban J connectivity index is 2.44. The number of nitrogens with two attached hydrogens (primary N) is 1. The number of hydrogen-bond donors (Lipinski definition) is 3.